The second-order valence-electron chi connectivity index (χ2n) is 11.8. The lowest BCUT2D eigenvalue weighted by Crippen LogP contribution is -2.71. The van der Waals surface area contributed by atoms with Gasteiger partial charge in [0.15, 0.2) is 10.8 Å². The Morgan fingerprint density at radius 1 is 1.04 bits per heavy atom. The Balaban J connectivity index is 1.15. The number of anilines is 1. The number of alkyl halides is 2. The van der Waals surface area contributed by atoms with Crippen LogP contribution in [0.4, 0.5) is 13.9 Å². The van der Waals surface area contributed by atoms with E-state index in [4.69, 9.17) is 0 Å². The summed E-state index contributed by atoms with van der Waals surface area (Å²) in [6.07, 6.45) is 0. The quantitative estimate of drug-likeness (QED) is 0.0472. The highest BCUT2D eigenvalue weighted by molar-refractivity contribution is 8.01. The summed E-state index contributed by atoms with van der Waals surface area (Å²) in [6, 6.07) is 27.9. The van der Waals surface area contributed by atoms with Crippen molar-refractivity contribution in [3.63, 3.8) is 0 Å². The highest BCUT2D eigenvalue weighted by Gasteiger charge is 2.54. The molecule has 0 radical (unpaired) electrons. The molecule has 14 nitrogen and oxygen atoms in total. The van der Waals surface area contributed by atoms with Gasteiger partial charge in [0.25, 0.3) is 11.8 Å². The molecule has 0 aliphatic carbocycles. The van der Waals surface area contributed by atoms with Crippen molar-refractivity contribution in [2.75, 3.05) is 16.8 Å². The standard InChI is InChI=1S/C35H29F2N9O5S3/c1-45-34(41-43-44-45)54-18-20-17-52-30-26(29(48)46(30)27(20)31(49)50)39-28(47)25(42-51-32(36)37)24-19-53-33(38-24)40-35(21-11-5-2-6-12-21,22-13-7-3-8-14-22)23-15-9-4-10-16-23/h2-16,19,26,30,32H,17-18H2,1H3,(H,38,40)(H,39,47)(H,49,50)/b42-25+/t26?,30-/m1/s1. The number of thiazole rings is 1. The van der Waals surface area contributed by atoms with Gasteiger partial charge in [-0.05, 0) is 32.7 Å². The van der Waals surface area contributed by atoms with Gasteiger partial charge >= 0.3 is 12.6 Å². The Labute approximate surface area is 318 Å². The number of carboxylic acid groups (broad SMARTS) is 1. The molecule has 2 atom stereocenters. The van der Waals surface area contributed by atoms with Crippen LogP contribution in [-0.4, -0.2) is 88.2 Å². The van der Waals surface area contributed by atoms with E-state index in [0.29, 0.717) is 15.9 Å². The molecule has 54 heavy (non-hydrogen) atoms. The van der Waals surface area contributed by atoms with Crippen molar-refractivity contribution < 1.29 is 33.1 Å². The zero-order chi connectivity index (χ0) is 37.8. The van der Waals surface area contributed by atoms with E-state index in [2.05, 4.69) is 41.1 Å². The van der Waals surface area contributed by atoms with E-state index < -0.39 is 47.1 Å². The van der Waals surface area contributed by atoms with Crippen LogP contribution in [0, 0.1) is 0 Å². The molecular weight excluding hydrogens is 761 g/mol. The fraction of sp³-hybridized carbons (Fsp3) is 0.200. The molecular formula is C35H29F2N9O5S3. The van der Waals surface area contributed by atoms with Gasteiger partial charge in [-0.3, -0.25) is 14.5 Å². The number of β-lactam (4-membered cyclic amide) rings is 1. The van der Waals surface area contributed by atoms with Crippen molar-refractivity contribution >= 4 is 63.5 Å². The average Bonchev–Trinajstić information content (AvgIpc) is 3.83. The molecule has 1 unspecified atom stereocenters. The fourth-order valence-electron chi connectivity index (χ4n) is 6.18. The number of tetrazole rings is 1. The molecule has 0 spiro atoms. The van der Waals surface area contributed by atoms with E-state index in [1.807, 2.05) is 91.0 Å². The maximum Gasteiger partial charge on any atom is 0.407 e. The van der Waals surface area contributed by atoms with Gasteiger partial charge in [0.1, 0.15) is 28.3 Å². The van der Waals surface area contributed by atoms with Crippen molar-refractivity contribution in [3.05, 3.63) is 130 Å². The lowest BCUT2D eigenvalue weighted by atomic mass is 9.77. The van der Waals surface area contributed by atoms with Crippen LogP contribution in [0.5, 0.6) is 0 Å². The summed E-state index contributed by atoms with van der Waals surface area (Å²) >= 11 is 3.58. The first-order valence-electron chi connectivity index (χ1n) is 16.2. The molecule has 2 amide bonds. The number of halogens is 2. The molecule has 1 fully saturated rings. The van der Waals surface area contributed by atoms with E-state index in [-0.39, 0.29) is 22.9 Å². The van der Waals surface area contributed by atoms with Crippen molar-refractivity contribution in [3.8, 4) is 0 Å². The smallest absolute Gasteiger partial charge is 0.407 e. The number of amides is 2. The number of benzene rings is 3. The van der Waals surface area contributed by atoms with Crippen LogP contribution in [0.3, 0.4) is 0 Å². The van der Waals surface area contributed by atoms with Crippen molar-refractivity contribution in [2.24, 2.45) is 12.2 Å². The molecule has 3 aromatic carbocycles. The van der Waals surface area contributed by atoms with Crippen LogP contribution < -0.4 is 10.6 Å². The van der Waals surface area contributed by atoms with Crippen LogP contribution in [-0.2, 0) is 31.8 Å². The number of fused-ring (bicyclic) bond motifs is 1. The Kier molecular flexibility index (Phi) is 10.7. The molecule has 2 aromatic heterocycles. The molecule has 3 N–H and O–H groups in total. The predicted octanol–water partition coefficient (Wildman–Crippen LogP) is 4.54. The van der Waals surface area contributed by atoms with E-state index >= 15 is 0 Å². The lowest BCUT2D eigenvalue weighted by molar-refractivity contribution is -0.150. The normalized spacial score (nSPS) is 17.2. The number of nitrogens with one attached hydrogen (secondary N) is 2. The number of aryl methyl sites for hydroxylation is 1. The number of aromatic nitrogens is 5. The Morgan fingerprint density at radius 3 is 2.19 bits per heavy atom. The summed E-state index contributed by atoms with van der Waals surface area (Å²) < 4.78 is 28.0. The first-order chi connectivity index (χ1) is 26.2. The SMILES string of the molecule is Cn1nnnc1SCC1=C(C(=O)O)N2C(=O)C(NC(=O)/C(=N/OC(F)F)c3csc(NC(c4ccccc4)(c4ccccc4)c4ccccc4)n3)[C@H]2SC1. The molecule has 0 bridgehead atoms. The zero-order valence-electron chi connectivity index (χ0n) is 28.1. The Hall–Kier alpha value is -5.66. The lowest BCUT2D eigenvalue weighted by Gasteiger charge is -2.49. The molecule has 5 aromatic rings. The third kappa shape index (κ3) is 7.16. The summed E-state index contributed by atoms with van der Waals surface area (Å²) in [7, 11) is 1.65. The number of nitrogens with zero attached hydrogens (tertiary/aromatic N) is 7. The number of thioether (sulfide) groups is 2. The number of oxime groups is 1. The minimum Gasteiger partial charge on any atom is -0.477 e. The van der Waals surface area contributed by atoms with E-state index in [1.54, 1.807) is 7.05 Å². The minimum absolute atomic E-state index is 0.0904. The third-order valence-electron chi connectivity index (χ3n) is 8.59. The van der Waals surface area contributed by atoms with Gasteiger partial charge in [-0.1, -0.05) is 108 Å². The largest absolute Gasteiger partial charge is 0.477 e. The number of carboxylic acids is 1. The fourth-order valence-corrected chi connectivity index (χ4v) is 9.26. The predicted molar refractivity (Wildman–Crippen MR) is 198 cm³/mol. The van der Waals surface area contributed by atoms with Gasteiger partial charge in [-0.2, -0.15) is 8.78 Å². The van der Waals surface area contributed by atoms with Crippen molar-refractivity contribution in [1.82, 2.24) is 35.4 Å². The van der Waals surface area contributed by atoms with Gasteiger partial charge in [0, 0.05) is 23.9 Å². The second-order valence-corrected chi connectivity index (χ2v) is 14.7. The van der Waals surface area contributed by atoms with Gasteiger partial charge in [-0.25, -0.2) is 14.5 Å². The highest BCUT2D eigenvalue weighted by Crippen LogP contribution is 2.42. The molecule has 7 rings (SSSR count). The van der Waals surface area contributed by atoms with Crippen molar-refractivity contribution in [2.45, 2.75) is 28.7 Å². The molecule has 0 saturated carbocycles. The topological polar surface area (TPSA) is 177 Å². The maximum absolute atomic E-state index is 13.7. The van der Waals surface area contributed by atoms with E-state index in [1.165, 1.54) is 33.6 Å². The van der Waals surface area contributed by atoms with Crippen LogP contribution in [0.25, 0.3) is 0 Å². The molecule has 1 saturated heterocycles. The number of aliphatic carboxylic acids is 1. The van der Waals surface area contributed by atoms with Crippen LogP contribution in [0.1, 0.15) is 22.4 Å². The Morgan fingerprint density at radius 2 is 1.65 bits per heavy atom. The van der Waals surface area contributed by atoms with Gasteiger partial charge in [0.2, 0.25) is 5.16 Å². The first-order valence-corrected chi connectivity index (χ1v) is 19.1. The number of hydrogen-bond acceptors (Lipinski definition) is 13. The van der Waals surface area contributed by atoms with E-state index in [9.17, 15) is 28.3 Å². The molecule has 2 aliphatic heterocycles. The van der Waals surface area contributed by atoms with Gasteiger partial charge < -0.3 is 20.6 Å². The zero-order valence-corrected chi connectivity index (χ0v) is 30.5. The molecule has 276 valence electrons. The number of rotatable bonds is 14. The third-order valence-corrected chi connectivity index (χ3v) is 11.8. The van der Waals surface area contributed by atoms with Crippen molar-refractivity contribution in [1.29, 1.82) is 0 Å². The molecule has 19 heteroatoms. The number of carbonyl (C=O) groups excluding carboxylic acids is 2. The maximum atomic E-state index is 13.7. The number of carbonyl (C=O) groups is 3. The second kappa shape index (κ2) is 15.7. The summed E-state index contributed by atoms with van der Waals surface area (Å²) in [5.74, 6) is -2.56. The molecule has 2 aliphatic rings. The highest BCUT2D eigenvalue weighted by atomic mass is 32.2. The number of hydrogen-bond donors (Lipinski definition) is 3. The van der Waals surface area contributed by atoms with Crippen LogP contribution in [0.15, 0.2) is 118 Å². The Bertz CT molecular complexity index is 2130. The van der Waals surface area contributed by atoms with Crippen LogP contribution >= 0.6 is 34.9 Å². The average molecular weight is 790 g/mol. The minimum atomic E-state index is -3.35. The van der Waals surface area contributed by atoms with Gasteiger partial charge in [0.05, 0.1) is 0 Å². The van der Waals surface area contributed by atoms with Crippen LogP contribution in [0.2, 0.25) is 0 Å². The summed E-state index contributed by atoms with van der Waals surface area (Å²) in [5.41, 5.74) is 1.26. The summed E-state index contributed by atoms with van der Waals surface area (Å²) in [4.78, 5) is 49.4. The summed E-state index contributed by atoms with van der Waals surface area (Å²) in [6.45, 7) is -3.35. The van der Waals surface area contributed by atoms with Gasteiger partial charge in [-0.15, -0.1) is 28.2 Å². The summed E-state index contributed by atoms with van der Waals surface area (Å²) in [5, 5.41) is 32.3. The monoisotopic (exact) mass is 789 g/mol. The van der Waals surface area contributed by atoms with E-state index in [0.717, 1.165) is 32.9 Å². The molecule has 4 heterocycles. The first kappa shape index (κ1) is 36.7.